The highest BCUT2D eigenvalue weighted by molar-refractivity contribution is 6.33. The van der Waals surface area contributed by atoms with Crippen molar-refractivity contribution in [3.63, 3.8) is 0 Å². The van der Waals surface area contributed by atoms with Crippen molar-refractivity contribution in [2.75, 3.05) is 18.4 Å². The van der Waals surface area contributed by atoms with Crippen molar-refractivity contribution < 1.29 is 31.5 Å². The lowest BCUT2D eigenvalue weighted by Crippen LogP contribution is -2.37. The van der Waals surface area contributed by atoms with E-state index in [1.54, 1.807) is 25.7 Å². The van der Waals surface area contributed by atoms with Crippen LogP contribution in [0.5, 0.6) is 0 Å². The molecule has 3 aromatic rings. The molecular weight excluding hydrogens is 559 g/mol. The molecule has 1 amide bonds. The summed E-state index contributed by atoms with van der Waals surface area (Å²) in [5, 5.41) is 5.56. The van der Waals surface area contributed by atoms with Gasteiger partial charge in [0.1, 0.15) is 40.6 Å². The van der Waals surface area contributed by atoms with Crippen LogP contribution in [0.3, 0.4) is 0 Å². The third-order valence-corrected chi connectivity index (χ3v) is 7.02. The van der Waals surface area contributed by atoms with Gasteiger partial charge in [0.25, 0.3) is 5.78 Å². The standard InChI is InChI=1S/C26H24ClF5N6O2/c1-12(26(30,31)32)35-22-20(21(27)36-23-33-11-34-38(22)23)19-17(28)7-13(8-18(19)29)5-6-14-15-9-37(10-16(14)15)24(39)40-25(2,3)4/h7-8,11-12,14-16,35H,9-10H2,1-4H3/t12-,14?,15-,16+/m0/s1. The first kappa shape index (κ1) is 27.9. The van der Waals surface area contributed by atoms with E-state index in [1.165, 1.54) is 0 Å². The average Bonchev–Trinajstić information content (AvgIpc) is 3.14. The number of hydrogen-bond acceptors (Lipinski definition) is 6. The zero-order valence-electron chi connectivity index (χ0n) is 21.8. The average molecular weight is 583 g/mol. The largest absolute Gasteiger partial charge is 0.444 e. The highest BCUT2D eigenvalue weighted by atomic mass is 35.5. The molecule has 212 valence electrons. The summed E-state index contributed by atoms with van der Waals surface area (Å²) in [6.45, 7) is 7.18. The van der Waals surface area contributed by atoms with Gasteiger partial charge >= 0.3 is 12.3 Å². The number of hydrogen-bond donors (Lipinski definition) is 1. The number of nitrogens with zero attached hydrogens (tertiary/aromatic N) is 5. The summed E-state index contributed by atoms with van der Waals surface area (Å²) in [6, 6.07) is -0.150. The number of aromatic nitrogens is 4. The Balaban J connectivity index is 1.40. The first-order valence-electron chi connectivity index (χ1n) is 12.4. The van der Waals surface area contributed by atoms with Gasteiger partial charge in [-0.2, -0.15) is 32.8 Å². The molecular formula is C26H24ClF5N6O2. The van der Waals surface area contributed by atoms with E-state index in [-0.39, 0.29) is 35.2 Å². The van der Waals surface area contributed by atoms with E-state index in [4.69, 9.17) is 16.3 Å². The SMILES string of the molecule is C[C@H](Nc1c(-c2c(F)cc(C#CC3[C@H]4CN(C(=O)OC(C)(C)C)C[C@@H]34)cc2F)c(Cl)nc2ncnn12)C(F)(F)F. The zero-order valence-corrected chi connectivity index (χ0v) is 22.5. The molecule has 0 spiro atoms. The molecule has 5 rings (SSSR count). The van der Waals surface area contributed by atoms with Crippen molar-refractivity contribution >= 4 is 29.3 Å². The molecule has 8 nitrogen and oxygen atoms in total. The lowest BCUT2D eigenvalue weighted by Gasteiger charge is -2.25. The Labute approximate surface area is 230 Å². The summed E-state index contributed by atoms with van der Waals surface area (Å²) in [5.41, 5.74) is -1.69. The van der Waals surface area contributed by atoms with E-state index in [9.17, 15) is 18.0 Å². The van der Waals surface area contributed by atoms with Gasteiger partial charge in [0.2, 0.25) is 0 Å². The number of halogens is 6. The molecule has 0 radical (unpaired) electrons. The minimum Gasteiger partial charge on any atom is -0.444 e. The number of amides is 1. The number of fused-ring (bicyclic) bond motifs is 2. The molecule has 1 aromatic carbocycles. The third kappa shape index (κ3) is 5.37. The van der Waals surface area contributed by atoms with Gasteiger partial charge in [-0.15, -0.1) is 0 Å². The molecule has 40 heavy (non-hydrogen) atoms. The highest BCUT2D eigenvalue weighted by Crippen LogP contribution is 2.51. The minimum atomic E-state index is -4.68. The number of alkyl halides is 3. The molecule has 1 N–H and O–H groups in total. The van der Waals surface area contributed by atoms with Crippen LogP contribution in [-0.4, -0.2) is 61.5 Å². The number of carbonyl (C=O) groups excluding carboxylic acids is 1. The van der Waals surface area contributed by atoms with Crippen LogP contribution in [0, 0.1) is 41.2 Å². The fraction of sp³-hybridized carbons (Fsp3) is 0.462. The quantitative estimate of drug-likeness (QED) is 0.248. The Hall–Kier alpha value is -3.66. The van der Waals surface area contributed by atoms with Crippen LogP contribution in [0.2, 0.25) is 5.15 Å². The Kier molecular flexibility index (Phi) is 6.81. The van der Waals surface area contributed by atoms with Gasteiger partial charge in [-0.25, -0.2) is 13.6 Å². The van der Waals surface area contributed by atoms with Crippen molar-refractivity contribution in [3.8, 4) is 23.0 Å². The van der Waals surface area contributed by atoms with Gasteiger partial charge in [0.05, 0.1) is 11.1 Å². The zero-order chi connectivity index (χ0) is 29.1. The number of nitrogens with one attached hydrogen (secondary N) is 1. The third-order valence-electron chi connectivity index (χ3n) is 6.75. The van der Waals surface area contributed by atoms with Crippen molar-refractivity contribution in [2.45, 2.75) is 45.5 Å². The van der Waals surface area contributed by atoms with Crippen LogP contribution in [0.25, 0.3) is 16.9 Å². The van der Waals surface area contributed by atoms with Gasteiger partial charge in [0.15, 0.2) is 0 Å². The van der Waals surface area contributed by atoms with Crippen LogP contribution in [-0.2, 0) is 4.74 Å². The van der Waals surface area contributed by atoms with E-state index in [2.05, 4.69) is 32.2 Å². The molecule has 1 aliphatic heterocycles. The maximum absolute atomic E-state index is 15.4. The predicted molar refractivity (Wildman–Crippen MR) is 135 cm³/mol. The number of benzene rings is 1. The summed E-state index contributed by atoms with van der Waals surface area (Å²) in [4.78, 5) is 21.6. The van der Waals surface area contributed by atoms with Crippen LogP contribution in [0.15, 0.2) is 18.5 Å². The summed E-state index contributed by atoms with van der Waals surface area (Å²) in [5.74, 6) is 3.30. The fourth-order valence-electron chi connectivity index (χ4n) is 4.73. The van der Waals surface area contributed by atoms with Gasteiger partial charge in [-0.1, -0.05) is 23.4 Å². The lowest BCUT2D eigenvalue weighted by atomic mass is 10.0. The molecule has 3 heterocycles. The maximum atomic E-state index is 15.4. The van der Waals surface area contributed by atoms with Crippen LogP contribution < -0.4 is 5.32 Å². The molecule has 1 aliphatic carbocycles. The first-order chi connectivity index (χ1) is 18.6. The van der Waals surface area contributed by atoms with Crippen LogP contribution >= 0.6 is 11.6 Å². The number of likely N-dealkylation sites (tertiary alicyclic amines) is 1. The second-order valence-corrected chi connectivity index (χ2v) is 11.2. The molecule has 2 fully saturated rings. The Morgan fingerprint density at radius 3 is 2.35 bits per heavy atom. The van der Waals surface area contributed by atoms with E-state index in [0.717, 1.165) is 29.9 Å². The molecule has 1 unspecified atom stereocenters. The molecule has 1 saturated carbocycles. The molecule has 4 atom stereocenters. The summed E-state index contributed by atoms with van der Waals surface area (Å²) in [6.07, 6.45) is -4.04. The van der Waals surface area contributed by atoms with Gasteiger partial charge in [-0.3, -0.25) is 0 Å². The highest BCUT2D eigenvalue weighted by Gasteiger charge is 2.56. The van der Waals surface area contributed by atoms with Crippen LogP contribution in [0.4, 0.5) is 32.6 Å². The Morgan fingerprint density at radius 1 is 1.15 bits per heavy atom. The maximum Gasteiger partial charge on any atom is 0.410 e. The second kappa shape index (κ2) is 9.76. The number of ether oxygens (including phenoxy) is 1. The van der Waals surface area contributed by atoms with Crippen molar-refractivity contribution in [1.29, 1.82) is 0 Å². The van der Waals surface area contributed by atoms with Gasteiger partial charge in [-0.05, 0) is 51.7 Å². The lowest BCUT2D eigenvalue weighted by molar-refractivity contribution is -0.138. The van der Waals surface area contributed by atoms with E-state index in [1.807, 2.05) is 0 Å². The number of anilines is 1. The Morgan fingerprint density at radius 2 is 1.77 bits per heavy atom. The van der Waals surface area contributed by atoms with Gasteiger partial charge in [0, 0.05) is 24.6 Å². The number of carbonyl (C=O) groups is 1. The Bertz CT molecular complexity index is 1520. The van der Waals surface area contributed by atoms with E-state index < -0.39 is 51.6 Å². The van der Waals surface area contributed by atoms with Gasteiger partial charge < -0.3 is 15.0 Å². The van der Waals surface area contributed by atoms with Crippen LogP contribution in [0.1, 0.15) is 33.3 Å². The summed E-state index contributed by atoms with van der Waals surface area (Å²) < 4.78 is 77.0. The first-order valence-corrected chi connectivity index (χ1v) is 12.7. The van der Waals surface area contributed by atoms with E-state index >= 15 is 8.78 Å². The fourth-order valence-corrected chi connectivity index (χ4v) is 4.98. The number of rotatable bonds is 3. The molecule has 2 aromatic heterocycles. The molecule has 2 aliphatic rings. The smallest absolute Gasteiger partial charge is 0.410 e. The normalized spacial score (nSPS) is 21.1. The van der Waals surface area contributed by atoms with Crippen molar-refractivity contribution in [2.24, 2.45) is 17.8 Å². The van der Waals surface area contributed by atoms with Crippen molar-refractivity contribution in [1.82, 2.24) is 24.5 Å². The minimum absolute atomic E-state index is 0.0301. The summed E-state index contributed by atoms with van der Waals surface area (Å²) in [7, 11) is 0. The monoisotopic (exact) mass is 582 g/mol. The van der Waals surface area contributed by atoms with E-state index in [0.29, 0.717) is 13.1 Å². The topological polar surface area (TPSA) is 84.7 Å². The second-order valence-electron chi connectivity index (χ2n) is 10.8. The molecule has 14 heteroatoms. The molecule has 0 bridgehead atoms. The number of piperidine rings is 1. The molecule has 1 saturated heterocycles. The predicted octanol–water partition coefficient (Wildman–Crippen LogP) is 5.55. The summed E-state index contributed by atoms with van der Waals surface area (Å²) >= 11 is 6.20. The van der Waals surface area contributed by atoms with Crippen molar-refractivity contribution in [3.05, 3.63) is 40.8 Å².